The van der Waals surface area contributed by atoms with Gasteiger partial charge in [0.1, 0.15) is 0 Å². The van der Waals surface area contributed by atoms with Crippen LogP contribution in [0.1, 0.15) is 34.6 Å². The van der Waals surface area contributed by atoms with Crippen molar-refractivity contribution in [2.45, 2.75) is 13.8 Å². The smallest absolute Gasteiger partial charge is 0.338 e. The van der Waals surface area contributed by atoms with Crippen LogP contribution in [0.3, 0.4) is 0 Å². The van der Waals surface area contributed by atoms with Gasteiger partial charge in [0.05, 0.1) is 5.56 Å². The van der Waals surface area contributed by atoms with Gasteiger partial charge in [-0.05, 0) is 56.3 Å². The molecule has 154 valence electrons. The normalized spacial score (nSPS) is 10.2. The molecule has 0 aliphatic heterocycles. The van der Waals surface area contributed by atoms with E-state index in [1.807, 2.05) is 32.8 Å². The van der Waals surface area contributed by atoms with Crippen LogP contribution >= 0.6 is 0 Å². The Morgan fingerprint density at radius 1 is 0.931 bits per heavy atom. The molecule has 0 aliphatic rings. The second-order valence-corrected chi connectivity index (χ2v) is 6.62. The van der Waals surface area contributed by atoms with Gasteiger partial charge in [-0.2, -0.15) is 0 Å². The Morgan fingerprint density at radius 2 is 1.59 bits per heavy atom. The fourth-order valence-electron chi connectivity index (χ4n) is 2.73. The van der Waals surface area contributed by atoms with Crippen molar-refractivity contribution >= 4 is 29.2 Å². The lowest BCUT2D eigenvalue weighted by Crippen LogP contribution is -2.30. The molecule has 0 spiro atoms. The largest absolute Gasteiger partial charge is 0.452 e. The zero-order chi connectivity index (χ0) is 21.4. The Hall–Kier alpha value is -3.35. The van der Waals surface area contributed by atoms with E-state index in [-0.39, 0.29) is 5.91 Å². The number of carbonyl (C=O) groups excluding carboxylic acids is 3. The number of ether oxygens (including phenoxy) is 1. The first-order valence-corrected chi connectivity index (χ1v) is 9.49. The first kappa shape index (κ1) is 21.9. The summed E-state index contributed by atoms with van der Waals surface area (Å²) in [5, 5.41) is 2.65. The molecule has 0 unspecified atom stereocenters. The van der Waals surface area contributed by atoms with Crippen molar-refractivity contribution in [2.75, 3.05) is 44.0 Å². The van der Waals surface area contributed by atoms with E-state index < -0.39 is 18.5 Å². The zero-order valence-electron chi connectivity index (χ0n) is 17.3. The molecule has 2 aromatic carbocycles. The number of nitrogens with one attached hydrogen (secondary N) is 1. The third kappa shape index (κ3) is 6.07. The van der Waals surface area contributed by atoms with Crippen LogP contribution in [0.25, 0.3) is 0 Å². The van der Waals surface area contributed by atoms with Crippen LogP contribution in [0.2, 0.25) is 0 Å². The lowest BCUT2D eigenvalue weighted by Gasteiger charge is -2.19. The molecule has 0 saturated carbocycles. The highest BCUT2D eigenvalue weighted by Gasteiger charge is 2.14. The van der Waals surface area contributed by atoms with Crippen LogP contribution in [-0.2, 0) is 9.53 Å². The molecule has 7 nitrogen and oxygen atoms in total. The van der Waals surface area contributed by atoms with E-state index in [4.69, 9.17) is 4.74 Å². The number of hydrogen-bond acceptors (Lipinski definition) is 5. The molecule has 0 radical (unpaired) electrons. The minimum absolute atomic E-state index is 0.0984. The van der Waals surface area contributed by atoms with Crippen molar-refractivity contribution in [1.29, 1.82) is 0 Å². The van der Waals surface area contributed by atoms with E-state index in [2.05, 4.69) is 5.32 Å². The Morgan fingerprint density at radius 3 is 2.17 bits per heavy atom. The maximum Gasteiger partial charge on any atom is 0.338 e. The summed E-state index contributed by atoms with van der Waals surface area (Å²) in [5.41, 5.74) is 2.29. The van der Waals surface area contributed by atoms with Gasteiger partial charge >= 0.3 is 5.97 Å². The molecule has 2 rings (SSSR count). The van der Waals surface area contributed by atoms with Crippen molar-refractivity contribution in [3.8, 4) is 0 Å². The lowest BCUT2D eigenvalue weighted by atomic mass is 10.1. The predicted molar refractivity (Wildman–Crippen MR) is 113 cm³/mol. The highest BCUT2D eigenvalue weighted by Crippen LogP contribution is 2.14. The molecule has 0 fully saturated rings. The van der Waals surface area contributed by atoms with Crippen LogP contribution in [-0.4, -0.2) is 56.5 Å². The quantitative estimate of drug-likeness (QED) is 0.693. The molecule has 2 aromatic rings. The SMILES string of the molecule is CCN(CC)C(=O)c1cccc(NC(=O)COC(=O)c2ccc(N(C)C)cc2)c1. The molecule has 0 saturated heterocycles. The summed E-state index contributed by atoms with van der Waals surface area (Å²) >= 11 is 0. The second kappa shape index (κ2) is 10.3. The number of benzene rings is 2. The minimum atomic E-state index is -0.573. The van der Waals surface area contributed by atoms with Crippen molar-refractivity contribution in [3.63, 3.8) is 0 Å². The molecular formula is C22H27N3O4. The molecule has 1 N–H and O–H groups in total. The fourth-order valence-corrected chi connectivity index (χ4v) is 2.73. The van der Waals surface area contributed by atoms with Crippen molar-refractivity contribution in [2.24, 2.45) is 0 Å². The lowest BCUT2D eigenvalue weighted by molar-refractivity contribution is -0.119. The van der Waals surface area contributed by atoms with E-state index in [0.29, 0.717) is 29.9 Å². The first-order chi connectivity index (χ1) is 13.8. The van der Waals surface area contributed by atoms with Crippen LogP contribution < -0.4 is 10.2 Å². The van der Waals surface area contributed by atoms with Crippen LogP contribution in [0.4, 0.5) is 11.4 Å². The minimum Gasteiger partial charge on any atom is -0.452 e. The highest BCUT2D eigenvalue weighted by atomic mass is 16.5. The summed E-state index contributed by atoms with van der Waals surface area (Å²) in [6.45, 7) is 4.63. The Balaban J connectivity index is 1.93. The van der Waals surface area contributed by atoms with E-state index in [0.717, 1.165) is 5.69 Å². The Labute approximate surface area is 171 Å². The average molecular weight is 397 g/mol. The van der Waals surface area contributed by atoms with E-state index in [1.54, 1.807) is 53.4 Å². The molecule has 0 atom stereocenters. The van der Waals surface area contributed by atoms with E-state index >= 15 is 0 Å². The summed E-state index contributed by atoms with van der Waals surface area (Å²) in [6.07, 6.45) is 0. The number of hydrogen-bond donors (Lipinski definition) is 1. The topological polar surface area (TPSA) is 79.0 Å². The summed E-state index contributed by atoms with van der Waals surface area (Å²) in [6, 6.07) is 13.6. The van der Waals surface area contributed by atoms with Crippen molar-refractivity contribution in [1.82, 2.24) is 4.90 Å². The average Bonchev–Trinajstić information content (AvgIpc) is 2.73. The van der Waals surface area contributed by atoms with Gasteiger partial charge in [0.25, 0.3) is 11.8 Å². The van der Waals surface area contributed by atoms with Crippen LogP contribution in [0.5, 0.6) is 0 Å². The van der Waals surface area contributed by atoms with Gasteiger partial charge < -0.3 is 19.9 Å². The number of carbonyl (C=O) groups is 3. The fraction of sp³-hybridized carbons (Fsp3) is 0.318. The summed E-state index contributed by atoms with van der Waals surface area (Å²) in [5.74, 6) is -1.15. The molecule has 29 heavy (non-hydrogen) atoms. The molecule has 0 heterocycles. The highest BCUT2D eigenvalue weighted by molar-refractivity contribution is 5.98. The van der Waals surface area contributed by atoms with Gasteiger partial charge in [-0.15, -0.1) is 0 Å². The van der Waals surface area contributed by atoms with Gasteiger partial charge in [0.15, 0.2) is 6.61 Å². The Bertz CT molecular complexity index is 859. The number of rotatable bonds is 8. The predicted octanol–water partition coefficient (Wildman–Crippen LogP) is 3.03. The number of anilines is 2. The van der Waals surface area contributed by atoms with E-state index in [1.165, 1.54) is 0 Å². The molecule has 2 amide bonds. The maximum absolute atomic E-state index is 12.4. The summed E-state index contributed by atoms with van der Waals surface area (Å²) in [7, 11) is 3.81. The number of esters is 1. The third-order valence-corrected chi connectivity index (χ3v) is 4.40. The van der Waals surface area contributed by atoms with Gasteiger partial charge in [-0.1, -0.05) is 6.07 Å². The van der Waals surface area contributed by atoms with Gasteiger partial charge in [-0.3, -0.25) is 9.59 Å². The molecular weight excluding hydrogens is 370 g/mol. The molecule has 0 bridgehead atoms. The number of amides is 2. The van der Waals surface area contributed by atoms with Gasteiger partial charge in [0, 0.05) is 44.1 Å². The number of nitrogens with zero attached hydrogens (tertiary/aromatic N) is 2. The monoisotopic (exact) mass is 397 g/mol. The zero-order valence-corrected chi connectivity index (χ0v) is 17.3. The maximum atomic E-state index is 12.4. The van der Waals surface area contributed by atoms with Gasteiger partial charge in [-0.25, -0.2) is 4.79 Å². The summed E-state index contributed by atoms with van der Waals surface area (Å²) in [4.78, 5) is 40.3. The van der Waals surface area contributed by atoms with Gasteiger partial charge in [0.2, 0.25) is 0 Å². The Kier molecular flexibility index (Phi) is 7.77. The standard InChI is InChI=1S/C22H27N3O4/c1-5-25(6-2)21(27)17-8-7-9-18(14-17)23-20(26)15-29-22(28)16-10-12-19(13-11-16)24(3)4/h7-14H,5-6,15H2,1-4H3,(H,23,26). The second-order valence-electron chi connectivity index (χ2n) is 6.62. The molecule has 0 aromatic heterocycles. The van der Waals surface area contributed by atoms with E-state index in [9.17, 15) is 14.4 Å². The van der Waals surface area contributed by atoms with Crippen LogP contribution in [0, 0.1) is 0 Å². The summed E-state index contributed by atoms with van der Waals surface area (Å²) < 4.78 is 5.07. The molecule has 7 heteroatoms. The van der Waals surface area contributed by atoms with Crippen molar-refractivity contribution in [3.05, 3.63) is 59.7 Å². The van der Waals surface area contributed by atoms with Crippen LogP contribution in [0.15, 0.2) is 48.5 Å². The molecule has 0 aliphatic carbocycles. The third-order valence-electron chi connectivity index (χ3n) is 4.40. The van der Waals surface area contributed by atoms with Crippen molar-refractivity contribution < 1.29 is 19.1 Å². The first-order valence-electron chi connectivity index (χ1n) is 9.49.